The fourth-order valence-electron chi connectivity index (χ4n) is 2.10. The van der Waals surface area contributed by atoms with E-state index in [0.29, 0.717) is 19.7 Å². The third kappa shape index (κ3) is 3.07. The third-order valence-corrected chi connectivity index (χ3v) is 4.03. The van der Waals surface area contributed by atoms with Gasteiger partial charge in [0.1, 0.15) is 4.88 Å². The van der Waals surface area contributed by atoms with Gasteiger partial charge in [-0.05, 0) is 19.8 Å². The highest BCUT2D eigenvalue weighted by molar-refractivity contribution is 7.11. The SMILES string of the molecule is Cc1ncsc1C(=O)N1CCC(OCCO)CC1. The lowest BCUT2D eigenvalue weighted by Gasteiger charge is -2.31. The van der Waals surface area contributed by atoms with Gasteiger partial charge < -0.3 is 14.7 Å². The van der Waals surface area contributed by atoms with E-state index >= 15 is 0 Å². The molecule has 18 heavy (non-hydrogen) atoms. The topological polar surface area (TPSA) is 62.7 Å². The van der Waals surface area contributed by atoms with Crippen molar-refractivity contribution in [2.24, 2.45) is 0 Å². The van der Waals surface area contributed by atoms with E-state index in [9.17, 15) is 4.79 Å². The molecular weight excluding hydrogens is 252 g/mol. The fraction of sp³-hybridized carbons (Fsp3) is 0.667. The standard InChI is InChI=1S/C12H18N2O3S/c1-9-11(18-8-13-9)12(16)14-4-2-10(3-5-14)17-7-6-15/h8,10,15H,2-7H2,1H3. The number of thiazole rings is 1. The number of rotatable bonds is 4. The Hall–Kier alpha value is -0.980. The predicted molar refractivity (Wildman–Crippen MR) is 68.8 cm³/mol. The van der Waals surface area contributed by atoms with Crippen molar-refractivity contribution < 1.29 is 14.6 Å². The molecule has 0 saturated carbocycles. The number of ether oxygens (including phenoxy) is 1. The minimum absolute atomic E-state index is 0.0548. The number of nitrogens with zero attached hydrogens (tertiary/aromatic N) is 2. The van der Waals surface area contributed by atoms with E-state index in [-0.39, 0.29) is 18.6 Å². The number of aliphatic hydroxyl groups excluding tert-OH is 1. The maximum atomic E-state index is 12.2. The van der Waals surface area contributed by atoms with Crippen LogP contribution in [-0.4, -0.2) is 53.3 Å². The predicted octanol–water partition coefficient (Wildman–Crippen LogP) is 1.07. The summed E-state index contributed by atoms with van der Waals surface area (Å²) >= 11 is 1.40. The van der Waals surface area contributed by atoms with Gasteiger partial charge in [0, 0.05) is 13.1 Å². The van der Waals surface area contributed by atoms with E-state index < -0.39 is 0 Å². The minimum Gasteiger partial charge on any atom is -0.394 e. The van der Waals surface area contributed by atoms with Crippen LogP contribution in [0, 0.1) is 6.92 Å². The maximum Gasteiger partial charge on any atom is 0.265 e. The second-order valence-corrected chi connectivity index (χ2v) is 5.21. The van der Waals surface area contributed by atoms with E-state index in [1.165, 1.54) is 11.3 Å². The van der Waals surface area contributed by atoms with Crippen LogP contribution in [0.2, 0.25) is 0 Å². The van der Waals surface area contributed by atoms with Crippen LogP contribution in [-0.2, 0) is 4.74 Å². The fourth-order valence-corrected chi connectivity index (χ4v) is 2.87. The van der Waals surface area contributed by atoms with Crippen LogP contribution < -0.4 is 0 Å². The van der Waals surface area contributed by atoms with Crippen LogP contribution in [0.25, 0.3) is 0 Å². The van der Waals surface area contributed by atoms with Gasteiger partial charge in [-0.2, -0.15) is 0 Å². The lowest BCUT2D eigenvalue weighted by Crippen LogP contribution is -2.41. The first kappa shape index (κ1) is 13.5. The van der Waals surface area contributed by atoms with E-state index in [1.807, 2.05) is 11.8 Å². The van der Waals surface area contributed by atoms with Gasteiger partial charge in [-0.25, -0.2) is 4.98 Å². The van der Waals surface area contributed by atoms with Crippen molar-refractivity contribution in [3.63, 3.8) is 0 Å². The Morgan fingerprint density at radius 2 is 2.33 bits per heavy atom. The van der Waals surface area contributed by atoms with Crippen LogP contribution in [0.3, 0.4) is 0 Å². The Morgan fingerprint density at radius 3 is 2.89 bits per heavy atom. The molecule has 2 rings (SSSR count). The number of piperidine rings is 1. The van der Waals surface area contributed by atoms with E-state index in [4.69, 9.17) is 9.84 Å². The second-order valence-electron chi connectivity index (χ2n) is 4.35. The van der Waals surface area contributed by atoms with E-state index in [2.05, 4.69) is 4.98 Å². The largest absolute Gasteiger partial charge is 0.394 e. The van der Waals surface area contributed by atoms with Crippen molar-refractivity contribution in [2.45, 2.75) is 25.9 Å². The zero-order valence-corrected chi connectivity index (χ0v) is 11.3. The molecule has 1 amide bonds. The maximum absolute atomic E-state index is 12.2. The van der Waals surface area contributed by atoms with Crippen molar-refractivity contribution in [2.75, 3.05) is 26.3 Å². The van der Waals surface area contributed by atoms with Crippen molar-refractivity contribution in [3.05, 3.63) is 16.1 Å². The first-order valence-electron chi connectivity index (χ1n) is 6.14. The summed E-state index contributed by atoms with van der Waals surface area (Å²) in [6, 6.07) is 0. The lowest BCUT2D eigenvalue weighted by atomic mass is 10.1. The van der Waals surface area contributed by atoms with Gasteiger partial charge in [-0.15, -0.1) is 11.3 Å². The van der Waals surface area contributed by atoms with Crippen LogP contribution in [0.5, 0.6) is 0 Å². The number of carbonyl (C=O) groups is 1. The van der Waals surface area contributed by atoms with Gasteiger partial charge in [-0.3, -0.25) is 4.79 Å². The molecule has 1 saturated heterocycles. The number of likely N-dealkylation sites (tertiary alicyclic amines) is 1. The second kappa shape index (κ2) is 6.26. The molecule has 5 nitrogen and oxygen atoms in total. The number of amides is 1. The molecule has 1 aromatic heterocycles. The number of aliphatic hydroxyl groups is 1. The van der Waals surface area contributed by atoms with Gasteiger partial charge >= 0.3 is 0 Å². The molecule has 0 aromatic carbocycles. The zero-order valence-electron chi connectivity index (χ0n) is 10.5. The lowest BCUT2D eigenvalue weighted by molar-refractivity contribution is -0.00546. The zero-order chi connectivity index (χ0) is 13.0. The van der Waals surface area contributed by atoms with Gasteiger partial charge in [0.15, 0.2) is 0 Å². The Kier molecular flexibility index (Phi) is 4.68. The average molecular weight is 270 g/mol. The highest BCUT2D eigenvalue weighted by atomic mass is 32.1. The molecule has 0 unspecified atom stereocenters. The van der Waals surface area contributed by atoms with Crippen LogP contribution in [0.1, 0.15) is 28.2 Å². The molecule has 2 heterocycles. The van der Waals surface area contributed by atoms with Crippen molar-refractivity contribution in [1.29, 1.82) is 0 Å². The summed E-state index contributed by atoms with van der Waals surface area (Å²) in [5.74, 6) is 0.0793. The number of hydrogen-bond acceptors (Lipinski definition) is 5. The number of aromatic nitrogens is 1. The monoisotopic (exact) mass is 270 g/mol. The Morgan fingerprint density at radius 1 is 1.61 bits per heavy atom. The van der Waals surface area contributed by atoms with Gasteiger partial charge in [0.2, 0.25) is 0 Å². The molecule has 6 heteroatoms. The van der Waals surface area contributed by atoms with E-state index in [1.54, 1.807) is 5.51 Å². The number of hydrogen-bond donors (Lipinski definition) is 1. The molecular formula is C12H18N2O3S. The molecule has 0 aliphatic carbocycles. The molecule has 1 aromatic rings. The van der Waals surface area contributed by atoms with Crippen molar-refractivity contribution in [3.8, 4) is 0 Å². The van der Waals surface area contributed by atoms with Gasteiger partial charge in [-0.1, -0.05) is 0 Å². The van der Waals surface area contributed by atoms with E-state index in [0.717, 1.165) is 23.4 Å². The minimum atomic E-state index is 0.0548. The van der Waals surface area contributed by atoms with Crippen LogP contribution in [0.4, 0.5) is 0 Å². The van der Waals surface area contributed by atoms with Crippen LogP contribution in [0.15, 0.2) is 5.51 Å². The summed E-state index contributed by atoms with van der Waals surface area (Å²) in [6.07, 6.45) is 1.84. The van der Waals surface area contributed by atoms with Gasteiger partial charge in [0.25, 0.3) is 5.91 Å². The summed E-state index contributed by atoms with van der Waals surface area (Å²) in [4.78, 5) is 18.9. The normalized spacial score (nSPS) is 17.1. The molecule has 1 fully saturated rings. The summed E-state index contributed by atoms with van der Waals surface area (Å²) in [5.41, 5.74) is 2.52. The quantitative estimate of drug-likeness (QED) is 0.889. The third-order valence-electron chi connectivity index (χ3n) is 3.11. The Balaban J connectivity index is 1.86. The van der Waals surface area contributed by atoms with Crippen LogP contribution >= 0.6 is 11.3 Å². The Labute approximate surface area is 110 Å². The molecule has 100 valence electrons. The van der Waals surface area contributed by atoms with Crippen molar-refractivity contribution in [1.82, 2.24) is 9.88 Å². The number of carbonyl (C=O) groups excluding carboxylic acids is 1. The number of aryl methyl sites for hydroxylation is 1. The average Bonchev–Trinajstić information content (AvgIpc) is 2.82. The molecule has 0 bridgehead atoms. The summed E-state index contributed by atoms with van der Waals surface area (Å²) in [6.45, 7) is 3.73. The van der Waals surface area contributed by atoms with Gasteiger partial charge in [0.05, 0.1) is 30.5 Å². The summed E-state index contributed by atoms with van der Waals surface area (Å²) in [5, 5.41) is 8.70. The molecule has 1 N–H and O–H groups in total. The highest BCUT2D eigenvalue weighted by Crippen LogP contribution is 2.19. The smallest absolute Gasteiger partial charge is 0.265 e. The molecule has 0 atom stereocenters. The molecule has 1 aliphatic heterocycles. The summed E-state index contributed by atoms with van der Waals surface area (Å²) in [7, 11) is 0. The first-order chi connectivity index (χ1) is 8.72. The van der Waals surface area contributed by atoms with Crippen molar-refractivity contribution >= 4 is 17.2 Å². The molecule has 0 spiro atoms. The summed E-state index contributed by atoms with van der Waals surface area (Å²) < 4.78 is 5.48. The first-order valence-corrected chi connectivity index (χ1v) is 7.02. The molecule has 1 aliphatic rings. The molecule has 0 radical (unpaired) electrons. The Bertz CT molecular complexity index is 400. The highest BCUT2D eigenvalue weighted by Gasteiger charge is 2.25.